The van der Waals surface area contributed by atoms with Crippen LogP contribution in [0.3, 0.4) is 0 Å². The molecule has 1 amide bonds. The molecule has 0 aromatic carbocycles. The van der Waals surface area contributed by atoms with E-state index in [-0.39, 0.29) is 29.3 Å². The first-order valence-corrected chi connectivity index (χ1v) is 7.27. The summed E-state index contributed by atoms with van der Waals surface area (Å²) in [5, 5.41) is 18.0. The summed E-state index contributed by atoms with van der Waals surface area (Å²) in [5.41, 5.74) is 5.40. The topological polar surface area (TPSA) is 121 Å². The van der Waals surface area contributed by atoms with Crippen molar-refractivity contribution in [3.05, 3.63) is 10.6 Å². The summed E-state index contributed by atoms with van der Waals surface area (Å²) in [6.45, 7) is 1.89. The number of rotatable bonds is 6. The Morgan fingerprint density at radius 1 is 1.50 bits per heavy atom. The van der Waals surface area contributed by atoms with Crippen molar-refractivity contribution in [2.75, 3.05) is 5.75 Å². The third-order valence-electron chi connectivity index (χ3n) is 3.65. The highest BCUT2D eigenvalue weighted by atomic mass is 32.2. The standard InChI is InChI=1S/C12H16N2O5S/c1-2-5-7-3-8(20-4-6(13)11(16)17)9(12(18)19)14(7)10(5)15/h5-7H,2-4,13H2,1H3,(H,16,17)(H,18,19)/t5-,6-,7-/m1/s1. The lowest BCUT2D eigenvalue weighted by Crippen LogP contribution is -2.58. The van der Waals surface area contributed by atoms with E-state index in [1.54, 1.807) is 0 Å². The normalized spacial score (nSPS) is 26.3. The van der Waals surface area contributed by atoms with Crippen molar-refractivity contribution in [1.82, 2.24) is 4.90 Å². The van der Waals surface area contributed by atoms with Crippen LogP contribution in [0.5, 0.6) is 0 Å². The molecule has 0 aromatic rings. The second-order valence-electron chi connectivity index (χ2n) is 4.83. The van der Waals surface area contributed by atoms with Gasteiger partial charge >= 0.3 is 11.9 Å². The second kappa shape index (κ2) is 5.45. The van der Waals surface area contributed by atoms with E-state index in [0.29, 0.717) is 17.7 Å². The van der Waals surface area contributed by atoms with Crippen molar-refractivity contribution in [2.24, 2.45) is 11.7 Å². The fourth-order valence-corrected chi connectivity index (χ4v) is 3.73. The average molecular weight is 300 g/mol. The maximum absolute atomic E-state index is 11.9. The fourth-order valence-electron chi connectivity index (χ4n) is 2.59. The number of nitrogens with two attached hydrogens (primary N) is 1. The van der Waals surface area contributed by atoms with Gasteiger partial charge in [0.2, 0.25) is 5.91 Å². The predicted molar refractivity (Wildman–Crippen MR) is 71.8 cm³/mol. The summed E-state index contributed by atoms with van der Waals surface area (Å²) in [4.78, 5) is 35.7. The van der Waals surface area contributed by atoms with Gasteiger partial charge in [0, 0.05) is 17.1 Å². The first-order chi connectivity index (χ1) is 9.38. The molecule has 7 nitrogen and oxygen atoms in total. The van der Waals surface area contributed by atoms with Gasteiger partial charge < -0.3 is 20.8 Å². The van der Waals surface area contributed by atoms with E-state index in [4.69, 9.17) is 10.8 Å². The summed E-state index contributed by atoms with van der Waals surface area (Å²) >= 11 is 1.12. The van der Waals surface area contributed by atoms with E-state index in [2.05, 4.69) is 0 Å². The Morgan fingerprint density at radius 2 is 2.15 bits per heavy atom. The molecule has 2 rings (SSSR count). The van der Waals surface area contributed by atoms with E-state index >= 15 is 0 Å². The lowest BCUT2D eigenvalue weighted by molar-refractivity contribution is -0.155. The molecule has 3 atom stereocenters. The molecule has 20 heavy (non-hydrogen) atoms. The minimum absolute atomic E-state index is 0.00714. The van der Waals surface area contributed by atoms with Gasteiger partial charge in [0.25, 0.3) is 0 Å². The third-order valence-corrected chi connectivity index (χ3v) is 4.88. The van der Waals surface area contributed by atoms with Crippen LogP contribution in [0.15, 0.2) is 10.6 Å². The van der Waals surface area contributed by atoms with E-state index in [1.807, 2.05) is 6.92 Å². The van der Waals surface area contributed by atoms with E-state index < -0.39 is 18.0 Å². The van der Waals surface area contributed by atoms with Crippen LogP contribution in [0.1, 0.15) is 19.8 Å². The smallest absolute Gasteiger partial charge is 0.353 e. The van der Waals surface area contributed by atoms with Gasteiger partial charge in [0.05, 0.1) is 12.0 Å². The quantitative estimate of drug-likeness (QED) is 0.593. The van der Waals surface area contributed by atoms with Gasteiger partial charge in [-0.25, -0.2) is 4.79 Å². The predicted octanol–water partition coefficient (Wildman–Crippen LogP) is 0.0684. The third kappa shape index (κ3) is 2.29. The Balaban J connectivity index is 2.13. The van der Waals surface area contributed by atoms with Gasteiger partial charge in [-0.2, -0.15) is 0 Å². The molecule has 4 N–H and O–H groups in total. The van der Waals surface area contributed by atoms with E-state index in [9.17, 15) is 19.5 Å². The molecule has 110 valence electrons. The highest BCUT2D eigenvalue weighted by Crippen LogP contribution is 2.46. The van der Waals surface area contributed by atoms with Crippen LogP contribution in [0.2, 0.25) is 0 Å². The summed E-state index contributed by atoms with van der Waals surface area (Å²) in [7, 11) is 0. The maximum Gasteiger partial charge on any atom is 0.353 e. The largest absolute Gasteiger partial charge is 0.480 e. The van der Waals surface area contributed by atoms with Crippen molar-refractivity contribution in [1.29, 1.82) is 0 Å². The zero-order chi connectivity index (χ0) is 15.0. The Bertz CT molecular complexity index is 504. The van der Waals surface area contributed by atoms with Crippen molar-refractivity contribution in [2.45, 2.75) is 31.8 Å². The number of amides is 1. The molecule has 0 unspecified atom stereocenters. The number of thioether (sulfide) groups is 1. The summed E-state index contributed by atoms with van der Waals surface area (Å²) in [5.74, 6) is -2.48. The molecular weight excluding hydrogens is 284 g/mol. The number of fused-ring (bicyclic) bond motifs is 1. The molecule has 0 saturated carbocycles. The van der Waals surface area contributed by atoms with Gasteiger partial charge in [-0.3, -0.25) is 9.59 Å². The highest BCUT2D eigenvalue weighted by Gasteiger charge is 2.54. The van der Waals surface area contributed by atoms with Crippen LogP contribution in [0, 0.1) is 5.92 Å². The van der Waals surface area contributed by atoms with E-state index in [0.717, 1.165) is 11.8 Å². The zero-order valence-electron chi connectivity index (χ0n) is 10.9. The average Bonchev–Trinajstić information content (AvgIpc) is 2.71. The molecule has 0 spiro atoms. The van der Waals surface area contributed by atoms with Gasteiger partial charge in [-0.1, -0.05) is 6.92 Å². The molecule has 2 heterocycles. The van der Waals surface area contributed by atoms with Crippen LogP contribution in [-0.4, -0.2) is 50.8 Å². The van der Waals surface area contributed by atoms with Gasteiger partial charge in [0.15, 0.2) is 0 Å². The Labute approximate surface area is 119 Å². The van der Waals surface area contributed by atoms with Crippen LogP contribution in [0.25, 0.3) is 0 Å². The molecule has 0 aromatic heterocycles. The highest BCUT2D eigenvalue weighted by molar-refractivity contribution is 8.03. The number of carbonyl (C=O) groups excluding carboxylic acids is 1. The van der Waals surface area contributed by atoms with Crippen LogP contribution >= 0.6 is 11.8 Å². The number of hydrogen-bond donors (Lipinski definition) is 3. The lowest BCUT2D eigenvalue weighted by atomic mass is 9.85. The molecule has 0 aliphatic carbocycles. The molecule has 0 radical (unpaired) electrons. The first kappa shape index (κ1) is 14.9. The zero-order valence-corrected chi connectivity index (χ0v) is 11.7. The summed E-state index contributed by atoms with van der Waals surface area (Å²) in [6, 6.07) is -1.14. The van der Waals surface area contributed by atoms with Gasteiger partial charge in [-0.15, -0.1) is 11.8 Å². The van der Waals surface area contributed by atoms with Crippen molar-refractivity contribution in [3.63, 3.8) is 0 Å². The number of hydrogen-bond acceptors (Lipinski definition) is 5. The van der Waals surface area contributed by atoms with Crippen LogP contribution in [-0.2, 0) is 14.4 Å². The molecule has 8 heteroatoms. The van der Waals surface area contributed by atoms with Crippen molar-refractivity contribution < 1.29 is 24.6 Å². The lowest BCUT2D eigenvalue weighted by Gasteiger charge is -2.42. The second-order valence-corrected chi connectivity index (χ2v) is 5.94. The molecule has 1 saturated heterocycles. The number of nitrogens with zero attached hydrogens (tertiary/aromatic N) is 1. The number of carbonyl (C=O) groups is 3. The Kier molecular flexibility index (Phi) is 4.05. The minimum atomic E-state index is -1.15. The monoisotopic (exact) mass is 300 g/mol. The number of β-lactam (4-membered cyclic amide) rings is 1. The molecule has 0 bridgehead atoms. The van der Waals surface area contributed by atoms with Gasteiger partial charge in [-0.05, 0) is 6.42 Å². The fraction of sp³-hybridized carbons (Fsp3) is 0.583. The number of carboxylic acid groups (broad SMARTS) is 2. The van der Waals surface area contributed by atoms with Crippen LogP contribution < -0.4 is 5.73 Å². The van der Waals surface area contributed by atoms with Crippen LogP contribution in [0.4, 0.5) is 0 Å². The molecular formula is C12H16N2O5S. The van der Waals surface area contributed by atoms with E-state index in [1.165, 1.54) is 4.90 Å². The van der Waals surface area contributed by atoms with Crippen molar-refractivity contribution in [3.8, 4) is 0 Å². The minimum Gasteiger partial charge on any atom is -0.480 e. The summed E-state index contributed by atoms with van der Waals surface area (Å²) < 4.78 is 0. The Hall–Kier alpha value is -1.54. The maximum atomic E-state index is 11.9. The number of aliphatic carboxylic acids is 2. The van der Waals surface area contributed by atoms with Gasteiger partial charge in [0.1, 0.15) is 11.7 Å². The summed E-state index contributed by atoms with van der Waals surface area (Å²) in [6.07, 6.45) is 1.16. The molecule has 2 aliphatic heterocycles. The first-order valence-electron chi connectivity index (χ1n) is 6.29. The van der Waals surface area contributed by atoms with Crippen molar-refractivity contribution >= 4 is 29.6 Å². The molecule has 2 aliphatic rings. The molecule has 1 fully saturated rings. The SMILES string of the molecule is CC[C@H]1C(=O)N2C(C(=O)O)=C(SC[C@@H](N)C(=O)O)C[C@H]12. The Morgan fingerprint density at radius 3 is 2.65 bits per heavy atom. The number of carboxylic acids is 2.